The lowest BCUT2D eigenvalue weighted by molar-refractivity contribution is 0.102. The molecule has 0 spiro atoms. The standard InChI is InChI=1S/C21H16F2N4O/c1-14-4-9-18(23)19(12-14)25-20(28)17-13-24-27(16-7-5-15(22)6-8-16)21(17)26-10-2-3-11-26/h2-13H,1H3,(H,25,28). The number of amides is 1. The zero-order valence-electron chi connectivity index (χ0n) is 14.9. The van der Waals surface area contributed by atoms with Gasteiger partial charge in [-0.1, -0.05) is 6.07 Å². The number of hydrogen-bond acceptors (Lipinski definition) is 2. The van der Waals surface area contributed by atoms with Crippen LogP contribution in [0.1, 0.15) is 15.9 Å². The Bertz CT molecular complexity index is 1130. The second-order valence-corrected chi connectivity index (χ2v) is 6.30. The van der Waals surface area contributed by atoms with Gasteiger partial charge in [-0.05, 0) is 61.0 Å². The van der Waals surface area contributed by atoms with Gasteiger partial charge in [0.15, 0.2) is 5.82 Å². The van der Waals surface area contributed by atoms with Crippen LogP contribution in [0.25, 0.3) is 11.5 Å². The second-order valence-electron chi connectivity index (χ2n) is 6.30. The molecule has 140 valence electrons. The highest BCUT2D eigenvalue weighted by atomic mass is 19.1. The van der Waals surface area contributed by atoms with E-state index in [-0.39, 0.29) is 17.1 Å². The fourth-order valence-electron chi connectivity index (χ4n) is 2.92. The molecule has 0 bridgehead atoms. The molecule has 2 heterocycles. The van der Waals surface area contributed by atoms with Crippen LogP contribution in [-0.4, -0.2) is 20.3 Å². The predicted molar refractivity (Wildman–Crippen MR) is 102 cm³/mol. The summed E-state index contributed by atoms with van der Waals surface area (Å²) < 4.78 is 30.6. The Labute approximate surface area is 159 Å². The molecule has 28 heavy (non-hydrogen) atoms. The number of anilines is 1. The summed E-state index contributed by atoms with van der Waals surface area (Å²) in [7, 11) is 0. The molecule has 5 nitrogen and oxygen atoms in total. The minimum absolute atomic E-state index is 0.0954. The first-order chi connectivity index (χ1) is 13.5. The molecule has 1 amide bonds. The highest BCUT2D eigenvalue weighted by Gasteiger charge is 2.21. The molecule has 0 aliphatic carbocycles. The lowest BCUT2D eigenvalue weighted by atomic mass is 10.2. The van der Waals surface area contributed by atoms with Gasteiger partial charge in [-0.15, -0.1) is 0 Å². The van der Waals surface area contributed by atoms with Gasteiger partial charge in [-0.25, -0.2) is 13.5 Å². The van der Waals surface area contributed by atoms with E-state index < -0.39 is 11.7 Å². The number of aryl methyl sites for hydroxylation is 1. The maximum absolute atomic E-state index is 14.1. The van der Waals surface area contributed by atoms with Crippen LogP contribution in [0.4, 0.5) is 14.5 Å². The summed E-state index contributed by atoms with van der Waals surface area (Å²) in [6.45, 7) is 1.81. The van der Waals surface area contributed by atoms with Crippen molar-refractivity contribution in [3.8, 4) is 11.5 Å². The highest BCUT2D eigenvalue weighted by molar-refractivity contribution is 6.06. The summed E-state index contributed by atoms with van der Waals surface area (Å²) in [6.07, 6.45) is 4.93. The van der Waals surface area contributed by atoms with Crippen molar-refractivity contribution in [1.82, 2.24) is 14.3 Å². The van der Waals surface area contributed by atoms with Crippen molar-refractivity contribution in [2.45, 2.75) is 6.92 Å². The van der Waals surface area contributed by atoms with Gasteiger partial charge in [0.1, 0.15) is 17.2 Å². The summed E-state index contributed by atoms with van der Waals surface area (Å²) >= 11 is 0. The number of nitrogens with zero attached hydrogens (tertiary/aromatic N) is 3. The Morgan fingerprint density at radius 1 is 1.04 bits per heavy atom. The molecule has 2 aromatic heterocycles. The largest absolute Gasteiger partial charge is 0.319 e. The Kier molecular flexibility index (Phi) is 4.49. The molecule has 0 radical (unpaired) electrons. The molecule has 0 saturated heterocycles. The zero-order valence-corrected chi connectivity index (χ0v) is 14.9. The monoisotopic (exact) mass is 378 g/mol. The van der Waals surface area contributed by atoms with E-state index in [1.54, 1.807) is 41.2 Å². The summed E-state index contributed by atoms with van der Waals surface area (Å²) in [6, 6.07) is 13.9. The SMILES string of the molecule is Cc1ccc(F)c(NC(=O)c2cnn(-c3ccc(F)cc3)c2-n2cccc2)c1. The van der Waals surface area contributed by atoms with Gasteiger partial charge in [0.05, 0.1) is 17.6 Å². The Morgan fingerprint density at radius 3 is 2.46 bits per heavy atom. The zero-order chi connectivity index (χ0) is 19.7. The van der Waals surface area contributed by atoms with Crippen molar-refractivity contribution < 1.29 is 13.6 Å². The molecule has 0 fully saturated rings. The topological polar surface area (TPSA) is 51.9 Å². The first-order valence-electron chi connectivity index (χ1n) is 8.58. The third kappa shape index (κ3) is 3.29. The molecule has 4 rings (SSSR count). The maximum Gasteiger partial charge on any atom is 0.261 e. The molecule has 0 aliphatic rings. The minimum atomic E-state index is -0.521. The maximum atomic E-state index is 14.1. The molecule has 4 aromatic rings. The van der Waals surface area contributed by atoms with Gasteiger partial charge in [0, 0.05) is 12.4 Å². The lowest BCUT2D eigenvalue weighted by Crippen LogP contribution is -2.16. The van der Waals surface area contributed by atoms with E-state index in [0.717, 1.165) is 5.56 Å². The fourth-order valence-corrected chi connectivity index (χ4v) is 2.92. The fraction of sp³-hybridized carbons (Fsp3) is 0.0476. The summed E-state index contributed by atoms with van der Waals surface area (Å²) in [5.74, 6) is -0.928. The van der Waals surface area contributed by atoms with Gasteiger partial charge in [-0.3, -0.25) is 4.79 Å². The second kappa shape index (κ2) is 7.11. The van der Waals surface area contributed by atoms with Gasteiger partial charge in [0.25, 0.3) is 5.91 Å². The molecule has 0 aliphatic heterocycles. The van der Waals surface area contributed by atoms with Crippen LogP contribution in [0, 0.1) is 18.6 Å². The number of benzene rings is 2. The van der Waals surface area contributed by atoms with Gasteiger partial charge in [0.2, 0.25) is 0 Å². The van der Waals surface area contributed by atoms with Crippen molar-refractivity contribution in [3.63, 3.8) is 0 Å². The van der Waals surface area contributed by atoms with E-state index in [1.807, 2.05) is 19.1 Å². The van der Waals surface area contributed by atoms with Crippen LogP contribution in [0.2, 0.25) is 0 Å². The first-order valence-corrected chi connectivity index (χ1v) is 8.58. The predicted octanol–water partition coefficient (Wildman–Crippen LogP) is 4.50. The van der Waals surface area contributed by atoms with E-state index in [2.05, 4.69) is 10.4 Å². The van der Waals surface area contributed by atoms with Crippen LogP contribution < -0.4 is 5.32 Å². The van der Waals surface area contributed by atoms with E-state index in [1.165, 1.54) is 29.1 Å². The number of aromatic nitrogens is 3. The van der Waals surface area contributed by atoms with Gasteiger partial charge < -0.3 is 9.88 Å². The molecule has 0 saturated carbocycles. The summed E-state index contributed by atoms with van der Waals surface area (Å²) in [5.41, 5.74) is 1.76. The summed E-state index contributed by atoms with van der Waals surface area (Å²) in [5, 5.41) is 6.90. The lowest BCUT2D eigenvalue weighted by Gasteiger charge is -2.12. The third-order valence-electron chi connectivity index (χ3n) is 4.28. The number of nitrogens with one attached hydrogen (secondary N) is 1. The molecule has 1 N–H and O–H groups in total. The molecule has 7 heteroatoms. The van der Waals surface area contributed by atoms with E-state index in [0.29, 0.717) is 11.5 Å². The number of rotatable bonds is 4. The van der Waals surface area contributed by atoms with E-state index >= 15 is 0 Å². The number of halogens is 2. The van der Waals surface area contributed by atoms with Crippen LogP contribution in [0.15, 0.2) is 73.2 Å². The third-order valence-corrected chi connectivity index (χ3v) is 4.28. The number of hydrogen-bond donors (Lipinski definition) is 1. The first kappa shape index (κ1) is 17.7. The van der Waals surface area contributed by atoms with Crippen LogP contribution >= 0.6 is 0 Å². The molecular formula is C21H16F2N4O. The quantitative estimate of drug-likeness (QED) is 0.568. The minimum Gasteiger partial charge on any atom is -0.319 e. The van der Waals surface area contributed by atoms with Crippen molar-refractivity contribution in [1.29, 1.82) is 0 Å². The molecule has 0 atom stereocenters. The normalized spacial score (nSPS) is 10.8. The molecule has 2 aromatic carbocycles. The Balaban J connectivity index is 1.78. The van der Waals surface area contributed by atoms with E-state index in [9.17, 15) is 13.6 Å². The van der Waals surface area contributed by atoms with Crippen molar-refractivity contribution in [3.05, 3.63) is 95.9 Å². The van der Waals surface area contributed by atoms with Crippen molar-refractivity contribution in [2.24, 2.45) is 0 Å². The Hall–Kier alpha value is -3.74. The highest BCUT2D eigenvalue weighted by Crippen LogP contribution is 2.22. The Morgan fingerprint density at radius 2 is 1.75 bits per heavy atom. The smallest absolute Gasteiger partial charge is 0.261 e. The average Bonchev–Trinajstić information content (AvgIpc) is 3.34. The van der Waals surface area contributed by atoms with Crippen molar-refractivity contribution in [2.75, 3.05) is 5.32 Å². The van der Waals surface area contributed by atoms with Crippen LogP contribution in [0.5, 0.6) is 0 Å². The van der Waals surface area contributed by atoms with Crippen molar-refractivity contribution >= 4 is 11.6 Å². The summed E-state index contributed by atoms with van der Waals surface area (Å²) in [4.78, 5) is 12.9. The van der Waals surface area contributed by atoms with Crippen LogP contribution in [-0.2, 0) is 0 Å². The number of carbonyl (C=O) groups is 1. The van der Waals surface area contributed by atoms with Gasteiger partial charge in [-0.2, -0.15) is 5.10 Å². The average molecular weight is 378 g/mol. The van der Waals surface area contributed by atoms with Gasteiger partial charge >= 0.3 is 0 Å². The molecule has 0 unspecified atom stereocenters. The van der Waals surface area contributed by atoms with Crippen LogP contribution in [0.3, 0.4) is 0 Å². The molecular weight excluding hydrogens is 362 g/mol. The number of carbonyl (C=O) groups excluding carboxylic acids is 1. The van der Waals surface area contributed by atoms with E-state index in [4.69, 9.17) is 0 Å².